The summed E-state index contributed by atoms with van der Waals surface area (Å²) >= 11 is 0. The summed E-state index contributed by atoms with van der Waals surface area (Å²) in [6, 6.07) is 0. The Hall–Kier alpha value is -1.25. The number of hydrogen-bond donors (Lipinski definition) is 0. The van der Waals surface area contributed by atoms with E-state index in [9.17, 15) is 26.4 Å². The third-order valence-electron chi connectivity index (χ3n) is 4.06. The second-order valence-electron chi connectivity index (χ2n) is 5.49. The molecule has 2 aliphatic rings. The van der Waals surface area contributed by atoms with Crippen molar-refractivity contribution in [2.45, 2.75) is 37.6 Å². The third-order valence-corrected chi connectivity index (χ3v) is 5.06. The number of carbonyl (C=O) groups is 1. The number of alkyl halides is 3. The van der Waals surface area contributed by atoms with Gasteiger partial charge >= 0.3 is 21.6 Å². The van der Waals surface area contributed by atoms with Gasteiger partial charge in [0.05, 0.1) is 13.0 Å². The van der Waals surface area contributed by atoms with Crippen LogP contribution in [0.25, 0.3) is 0 Å². The monoisotopic (exact) mass is 328 g/mol. The van der Waals surface area contributed by atoms with Crippen molar-refractivity contribution in [3.63, 3.8) is 0 Å². The van der Waals surface area contributed by atoms with E-state index in [2.05, 4.69) is 8.92 Å². The first-order valence-corrected chi connectivity index (χ1v) is 7.77. The average molecular weight is 328 g/mol. The molecular weight excluding hydrogens is 313 g/mol. The number of ether oxygens (including phenoxy) is 1. The molecule has 0 unspecified atom stereocenters. The number of carbonyl (C=O) groups excluding carboxylic acids is 1. The first-order chi connectivity index (χ1) is 9.59. The third kappa shape index (κ3) is 3.17. The number of hydrogen-bond acceptors (Lipinski definition) is 5. The Labute approximate surface area is 120 Å². The Morgan fingerprint density at radius 1 is 1.38 bits per heavy atom. The average Bonchev–Trinajstić information content (AvgIpc) is 2.34. The quantitative estimate of drug-likeness (QED) is 0.452. The molecule has 0 N–H and O–H groups in total. The summed E-state index contributed by atoms with van der Waals surface area (Å²) in [4.78, 5) is 11.3. The summed E-state index contributed by atoms with van der Waals surface area (Å²) in [5, 5.41) is 0. The minimum absolute atomic E-state index is 0.114. The molecule has 0 saturated heterocycles. The highest BCUT2D eigenvalue weighted by molar-refractivity contribution is 7.87. The van der Waals surface area contributed by atoms with Crippen molar-refractivity contribution in [2.24, 2.45) is 11.3 Å². The Morgan fingerprint density at radius 3 is 2.43 bits per heavy atom. The van der Waals surface area contributed by atoms with Crippen molar-refractivity contribution in [2.75, 3.05) is 7.11 Å². The van der Waals surface area contributed by atoms with Crippen LogP contribution in [-0.4, -0.2) is 27.0 Å². The van der Waals surface area contributed by atoms with E-state index in [4.69, 9.17) is 0 Å². The summed E-state index contributed by atoms with van der Waals surface area (Å²) < 4.78 is 67.2. The van der Waals surface area contributed by atoms with E-state index in [1.54, 1.807) is 0 Å². The molecule has 5 nitrogen and oxygen atoms in total. The first kappa shape index (κ1) is 16.1. The Kier molecular flexibility index (Phi) is 3.98. The predicted octanol–water partition coefficient (Wildman–Crippen LogP) is 2.49. The standard InChI is InChI=1S/C12H15F3O5S/c1-19-10(16)8-6-11(7-8)4-2-9(3-5-11)20-21(17,18)12(13,14)15/h2,8H,3-7H2,1H3. The molecule has 1 saturated carbocycles. The van der Waals surface area contributed by atoms with Crippen LogP contribution >= 0.6 is 0 Å². The van der Waals surface area contributed by atoms with E-state index in [1.165, 1.54) is 13.2 Å². The molecule has 9 heteroatoms. The maximum atomic E-state index is 12.2. The molecule has 0 aromatic rings. The highest BCUT2D eigenvalue weighted by Gasteiger charge is 2.51. The van der Waals surface area contributed by atoms with Gasteiger partial charge in [0.15, 0.2) is 0 Å². The number of esters is 1. The fraction of sp³-hybridized carbons (Fsp3) is 0.750. The summed E-state index contributed by atoms with van der Waals surface area (Å²) in [5.74, 6) is -0.643. The van der Waals surface area contributed by atoms with E-state index >= 15 is 0 Å². The van der Waals surface area contributed by atoms with Crippen LogP contribution in [-0.2, 0) is 23.8 Å². The molecular formula is C12H15F3O5S. The molecule has 0 aromatic carbocycles. The molecule has 120 valence electrons. The lowest BCUT2D eigenvalue weighted by atomic mass is 9.57. The Morgan fingerprint density at radius 2 is 2.00 bits per heavy atom. The van der Waals surface area contributed by atoms with Gasteiger partial charge in [0.25, 0.3) is 0 Å². The van der Waals surface area contributed by atoms with Crippen LogP contribution in [0.1, 0.15) is 32.1 Å². The molecule has 1 spiro atoms. The van der Waals surface area contributed by atoms with Gasteiger partial charge in [-0.15, -0.1) is 0 Å². The van der Waals surface area contributed by atoms with E-state index in [1.807, 2.05) is 0 Å². The summed E-state index contributed by atoms with van der Waals surface area (Å²) in [5.41, 5.74) is -5.57. The largest absolute Gasteiger partial charge is 0.534 e. The lowest BCUT2D eigenvalue weighted by molar-refractivity contribution is -0.154. The lowest BCUT2D eigenvalue weighted by Crippen LogP contribution is -2.42. The zero-order valence-electron chi connectivity index (χ0n) is 11.3. The van der Waals surface area contributed by atoms with Crippen LogP contribution in [0.2, 0.25) is 0 Å². The van der Waals surface area contributed by atoms with E-state index < -0.39 is 15.6 Å². The molecule has 0 atom stereocenters. The van der Waals surface area contributed by atoms with Crippen molar-refractivity contribution in [1.82, 2.24) is 0 Å². The van der Waals surface area contributed by atoms with Gasteiger partial charge in [0, 0.05) is 6.42 Å². The topological polar surface area (TPSA) is 69.7 Å². The van der Waals surface area contributed by atoms with E-state index in [-0.39, 0.29) is 29.5 Å². The van der Waals surface area contributed by atoms with Crippen molar-refractivity contribution >= 4 is 16.1 Å². The SMILES string of the molecule is COC(=O)C1CC2(CC=C(OS(=O)(=O)C(F)(F)F)CC2)C1. The molecule has 1 fully saturated rings. The normalized spacial score (nSPS) is 29.5. The lowest BCUT2D eigenvalue weighted by Gasteiger charge is -2.48. The maximum absolute atomic E-state index is 12.2. The number of halogens is 3. The first-order valence-electron chi connectivity index (χ1n) is 6.36. The minimum Gasteiger partial charge on any atom is -0.469 e. The van der Waals surface area contributed by atoms with Crippen LogP contribution in [0.15, 0.2) is 11.8 Å². The van der Waals surface area contributed by atoms with E-state index in [0.717, 1.165) is 0 Å². The van der Waals surface area contributed by atoms with Crippen LogP contribution in [0.3, 0.4) is 0 Å². The van der Waals surface area contributed by atoms with Gasteiger partial charge in [0.1, 0.15) is 5.76 Å². The van der Waals surface area contributed by atoms with Crippen LogP contribution in [0.5, 0.6) is 0 Å². The number of rotatable bonds is 3. The number of allylic oxidation sites excluding steroid dienone is 2. The highest BCUT2D eigenvalue weighted by Crippen LogP contribution is 2.54. The molecule has 21 heavy (non-hydrogen) atoms. The smallest absolute Gasteiger partial charge is 0.469 e. The zero-order valence-corrected chi connectivity index (χ0v) is 12.1. The van der Waals surface area contributed by atoms with Crippen molar-refractivity contribution in [3.8, 4) is 0 Å². The summed E-state index contributed by atoms with van der Waals surface area (Å²) in [6.07, 6.45) is 3.61. The van der Waals surface area contributed by atoms with Gasteiger partial charge in [-0.2, -0.15) is 21.6 Å². The molecule has 2 aliphatic carbocycles. The van der Waals surface area contributed by atoms with Crippen LogP contribution in [0.4, 0.5) is 13.2 Å². The van der Waals surface area contributed by atoms with Gasteiger partial charge < -0.3 is 8.92 Å². The Bertz CT molecular complexity index is 558. The second kappa shape index (κ2) is 5.19. The van der Waals surface area contributed by atoms with Gasteiger partial charge in [-0.25, -0.2) is 0 Å². The van der Waals surface area contributed by atoms with Crippen molar-refractivity contribution < 1.29 is 35.3 Å². The van der Waals surface area contributed by atoms with Crippen LogP contribution in [0, 0.1) is 11.3 Å². The van der Waals surface area contributed by atoms with E-state index in [0.29, 0.717) is 25.7 Å². The van der Waals surface area contributed by atoms with Crippen LogP contribution < -0.4 is 0 Å². The fourth-order valence-electron chi connectivity index (χ4n) is 2.88. The Balaban J connectivity index is 1.94. The maximum Gasteiger partial charge on any atom is 0.534 e. The highest BCUT2D eigenvalue weighted by atomic mass is 32.2. The summed E-state index contributed by atoms with van der Waals surface area (Å²) in [6.45, 7) is 0. The molecule has 0 aromatic heterocycles. The molecule has 0 heterocycles. The number of methoxy groups -OCH3 is 1. The molecule has 0 bridgehead atoms. The van der Waals surface area contributed by atoms with Gasteiger partial charge in [-0.05, 0) is 37.2 Å². The molecule has 0 amide bonds. The second-order valence-corrected chi connectivity index (χ2v) is 7.02. The molecule has 0 aliphatic heterocycles. The zero-order chi connectivity index (χ0) is 15.9. The van der Waals surface area contributed by atoms with Crippen molar-refractivity contribution in [1.29, 1.82) is 0 Å². The van der Waals surface area contributed by atoms with Gasteiger partial charge in [0.2, 0.25) is 0 Å². The summed E-state index contributed by atoms with van der Waals surface area (Å²) in [7, 11) is -4.29. The van der Waals surface area contributed by atoms with Gasteiger partial charge in [-0.1, -0.05) is 0 Å². The molecule has 2 rings (SSSR count). The van der Waals surface area contributed by atoms with Crippen molar-refractivity contribution in [3.05, 3.63) is 11.8 Å². The fourth-order valence-corrected chi connectivity index (χ4v) is 3.40. The van der Waals surface area contributed by atoms with Gasteiger partial charge in [-0.3, -0.25) is 4.79 Å². The predicted molar refractivity (Wildman–Crippen MR) is 65.2 cm³/mol. The minimum atomic E-state index is -5.59. The molecule has 0 radical (unpaired) electrons.